The highest BCUT2D eigenvalue weighted by atomic mass is 32.1. The number of carbonyl (C=O) groups excluding carboxylic acids is 2. The molecule has 6 heteroatoms. The van der Waals surface area contributed by atoms with Crippen molar-refractivity contribution in [2.75, 3.05) is 0 Å². The molecule has 2 aliphatic carbocycles. The molecule has 0 aliphatic heterocycles. The molecule has 4 heterocycles. The van der Waals surface area contributed by atoms with E-state index in [4.69, 9.17) is 0 Å². The van der Waals surface area contributed by atoms with E-state index in [1.54, 1.807) is 0 Å². The first kappa shape index (κ1) is 24.4. The Morgan fingerprint density at radius 2 is 1.05 bits per heavy atom. The van der Waals surface area contributed by atoms with Crippen LogP contribution in [0.4, 0.5) is 0 Å². The summed E-state index contributed by atoms with van der Waals surface area (Å²) in [7, 11) is 0. The van der Waals surface area contributed by atoms with Crippen LogP contribution in [0.15, 0.2) is 47.2 Å². The molecule has 0 saturated heterocycles. The van der Waals surface area contributed by atoms with Crippen molar-refractivity contribution in [3.63, 3.8) is 0 Å². The van der Waals surface area contributed by atoms with Gasteiger partial charge in [0, 0.05) is 43.2 Å². The van der Waals surface area contributed by atoms with Crippen molar-refractivity contribution in [1.29, 1.82) is 0 Å². The van der Waals surface area contributed by atoms with Crippen LogP contribution < -0.4 is 0 Å². The van der Waals surface area contributed by atoms with Gasteiger partial charge >= 0.3 is 0 Å². The Kier molecular flexibility index (Phi) is 5.41. The Balaban J connectivity index is 1.30. The second-order valence-corrected chi connectivity index (χ2v) is 15.5. The lowest BCUT2D eigenvalue weighted by molar-refractivity contribution is 0.111. The van der Waals surface area contributed by atoms with Crippen molar-refractivity contribution in [3.8, 4) is 20.9 Å². The van der Waals surface area contributed by atoms with Crippen molar-refractivity contribution in [3.05, 3.63) is 100 Å². The monoisotopic (exact) mass is 570 g/mol. The standard InChI is InChI=1S/C32H26O2S4/c1-31(2)23-13-22-24(14-21(23)29-25(31)11-19(37-29)9-17-5-7-35-27(17)15-33)32(3,4)26-12-20(38-30(22)26)10-18-6-8-36-28(18)16-34/h5-8,11-16H,9-10H2,1-4H3. The Bertz CT molecular complexity index is 1640. The van der Waals surface area contributed by atoms with Crippen LogP contribution in [0, 0.1) is 0 Å². The summed E-state index contributed by atoms with van der Waals surface area (Å²) in [5.41, 5.74) is 10.5. The molecule has 0 N–H and O–H groups in total. The average molecular weight is 571 g/mol. The number of rotatable bonds is 6. The zero-order valence-corrected chi connectivity index (χ0v) is 24.9. The van der Waals surface area contributed by atoms with Crippen LogP contribution in [0.2, 0.25) is 0 Å². The van der Waals surface area contributed by atoms with E-state index < -0.39 is 0 Å². The summed E-state index contributed by atoms with van der Waals surface area (Å²) in [6.07, 6.45) is 3.59. The van der Waals surface area contributed by atoms with Gasteiger partial charge in [0.1, 0.15) is 0 Å². The molecule has 7 rings (SSSR count). The second kappa shape index (κ2) is 8.43. The Labute approximate surface area is 238 Å². The lowest BCUT2D eigenvalue weighted by Crippen LogP contribution is -2.17. The largest absolute Gasteiger partial charge is 0.297 e. The second-order valence-electron chi connectivity index (χ2n) is 11.3. The minimum absolute atomic E-state index is 0.0703. The molecule has 38 heavy (non-hydrogen) atoms. The van der Waals surface area contributed by atoms with E-state index in [0.29, 0.717) is 0 Å². The van der Waals surface area contributed by atoms with Gasteiger partial charge < -0.3 is 0 Å². The van der Waals surface area contributed by atoms with E-state index in [9.17, 15) is 9.59 Å². The number of benzene rings is 1. The number of aldehydes is 2. The third-order valence-corrected chi connectivity index (χ3v) is 12.5. The molecule has 0 radical (unpaired) electrons. The van der Waals surface area contributed by atoms with Gasteiger partial charge in [-0.3, -0.25) is 9.59 Å². The maximum atomic E-state index is 11.5. The maximum absolute atomic E-state index is 11.5. The molecule has 4 aromatic heterocycles. The topological polar surface area (TPSA) is 34.1 Å². The summed E-state index contributed by atoms with van der Waals surface area (Å²) in [6, 6.07) is 13.9. The van der Waals surface area contributed by atoms with Crippen LogP contribution in [0.3, 0.4) is 0 Å². The molecule has 0 amide bonds. The van der Waals surface area contributed by atoms with Crippen molar-refractivity contribution in [2.45, 2.75) is 51.4 Å². The van der Waals surface area contributed by atoms with Crippen LogP contribution in [0.1, 0.15) is 90.2 Å². The van der Waals surface area contributed by atoms with E-state index in [1.165, 1.54) is 75.6 Å². The van der Waals surface area contributed by atoms with Crippen LogP contribution >= 0.6 is 45.3 Å². The van der Waals surface area contributed by atoms with E-state index >= 15 is 0 Å². The molecular weight excluding hydrogens is 545 g/mol. The highest BCUT2D eigenvalue weighted by molar-refractivity contribution is 7.16. The molecule has 0 fully saturated rings. The maximum Gasteiger partial charge on any atom is 0.160 e. The lowest BCUT2D eigenvalue weighted by Gasteiger charge is -2.24. The van der Waals surface area contributed by atoms with Gasteiger partial charge in [-0.1, -0.05) is 27.7 Å². The zero-order chi connectivity index (χ0) is 26.4. The minimum atomic E-state index is -0.0703. The summed E-state index contributed by atoms with van der Waals surface area (Å²) < 4.78 is 0. The number of thiophene rings is 4. The highest BCUT2D eigenvalue weighted by Crippen LogP contribution is 2.59. The van der Waals surface area contributed by atoms with Crippen molar-refractivity contribution in [2.24, 2.45) is 0 Å². The van der Waals surface area contributed by atoms with Crippen LogP contribution in [-0.4, -0.2) is 12.6 Å². The smallest absolute Gasteiger partial charge is 0.160 e. The molecule has 0 atom stereocenters. The number of hydrogen-bond donors (Lipinski definition) is 0. The molecular formula is C32H26O2S4. The third-order valence-electron chi connectivity index (χ3n) is 8.41. The molecule has 0 saturated carbocycles. The number of fused-ring (bicyclic) bond motifs is 6. The first-order chi connectivity index (χ1) is 18.2. The normalized spacial score (nSPS) is 15.7. The molecule has 0 unspecified atom stereocenters. The fourth-order valence-electron chi connectivity index (χ4n) is 6.26. The number of hydrogen-bond acceptors (Lipinski definition) is 6. The zero-order valence-electron chi connectivity index (χ0n) is 21.6. The van der Waals surface area contributed by atoms with Gasteiger partial charge in [0.25, 0.3) is 0 Å². The quantitative estimate of drug-likeness (QED) is 0.191. The molecule has 0 bridgehead atoms. The summed E-state index contributed by atoms with van der Waals surface area (Å²) >= 11 is 6.82. The molecule has 190 valence electrons. The summed E-state index contributed by atoms with van der Waals surface area (Å²) in [4.78, 5) is 30.0. The van der Waals surface area contributed by atoms with Gasteiger partial charge in [-0.25, -0.2) is 0 Å². The highest BCUT2D eigenvalue weighted by Gasteiger charge is 2.43. The predicted molar refractivity (Wildman–Crippen MR) is 162 cm³/mol. The van der Waals surface area contributed by atoms with Gasteiger partial charge in [0.05, 0.1) is 9.75 Å². The van der Waals surface area contributed by atoms with Crippen molar-refractivity contribution >= 4 is 57.9 Å². The van der Waals surface area contributed by atoms with E-state index in [1.807, 2.05) is 33.4 Å². The van der Waals surface area contributed by atoms with Crippen LogP contribution in [0.25, 0.3) is 20.9 Å². The molecule has 0 spiro atoms. The van der Waals surface area contributed by atoms with Crippen molar-refractivity contribution in [1.82, 2.24) is 0 Å². The third kappa shape index (κ3) is 3.40. The molecule has 2 nitrogen and oxygen atoms in total. The van der Waals surface area contributed by atoms with Gasteiger partial charge in [-0.2, -0.15) is 0 Å². The van der Waals surface area contributed by atoms with Gasteiger partial charge in [-0.05, 0) is 91.7 Å². The SMILES string of the molecule is CC1(C)c2cc3c(cc2-c2sc(Cc4ccsc4C=O)cc21)C(C)(C)c1cc(Cc2ccsc2C=O)sc1-3. The van der Waals surface area contributed by atoms with Gasteiger partial charge in [0.15, 0.2) is 12.6 Å². The van der Waals surface area contributed by atoms with Crippen molar-refractivity contribution < 1.29 is 9.59 Å². The number of carbonyl (C=O) groups is 2. The Morgan fingerprint density at radius 3 is 1.45 bits per heavy atom. The van der Waals surface area contributed by atoms with E-state index in [0.717, 1.165) is 46.3 Å². The first-order valence-electron chi connectivity index (χ1n) is 12.7. The predicted octanol–water partition coefficient (Wildman–Crippen LogP) is 9.35. The summed E-state index contributed by atoms with van der Waals surface area (Å²) in [5, 5.41) is 4.02. The molecule has 2 aliphatic rings. The lowest BCUT2D eigenvalue weighted by atomic mass is 9.79. The molecule has 5 aromatic rings. The van der Waals surface area contributed by atoms with E-state index in [-0.39, 0.29) is 10.8 Å². The van der Waals surface area contributed by atoms with Crippen LogP contribution in [-0.2, 0) is 23.7 Å². The first-order valence-corrected chi connectivity index (χ1v) is 16.1. The fraction of sp³-hybridized carbons (Fsp3) is 0.250. The fourth-order valence-corrected chi connectivity index (χ4v) is 10.4. The summed E-state index contributed by atoms with van der Waals surface area (Å²) in [5.74, 6) is 0. The summed E-state index contributed by atoms with van der Waals surface area (Å²) in [6.45, 7) is 9.39. The van der Waals surface area contributed by atoms with E-state index in [2.05, 4.69) is 64.1 Å². The minimum Gasteiger partial charge on any atom is -0.297 e. The average Bonchev–Trinajstić information content (AvgIpc) is 3.71. The molecule has 1 aromatic carbocycles. The van der Waals surface area contributed by atoms with Gasteiger partial charge in [0.2, 0.25) is 0 Å². The van der Waals surface area contributed by atoms with Crippen LogP contribution in [0.5, 0.6) is 0 Å². The Morgan fingerprint density at radius 1 is 0.632 bits per heavy atom. The van der Waals surface area contributed by atoms with Gasteiger partial charge in [-0.15, -0.1) is 45.3 Å². The Hall–Kier alpha value is -2.64.